The lowest BCUT2D eigenvalue weighted by Crippen LogP contribution is -2.41. The molecule has 4 heteroatoms. The van der Waals surface area contributed by atoms with Crippen LogP contribution in [0.4, 0.5) is 0 Å². The zero-order chi connectivity index (χ0) is 13.2. The normalized spacial score (nSPS) is 25.3. The summed E-state index contributed by atoms with van der Waals surface area (Å²) < 4.78 is 5.94. The maximum atomic E-state index is 6.34. The number of likely N-dealkylation sites (N-methyl/N-ethyl adjacent to an activating group) is 1. The molecule has 0 saturated carbocycles. The summed E-state index contributed by atoms with van der Waals surface area (Å²) in [5, 5.41) is 4.70. The smallest absolute Gasteiger partial charge is 0.0849 e. The van der Waals surface area contributed by atoms with Crippen molar-refractivity contribution in [3.05, 3.63) is 33.8 Å². The van der Waals surface area contributed by atoms with E-state index in [1.807, 2.05) is 18.2 Å². The number of hydrogen-bond donors (Lipinski definition) is 1. The van der Waals surface area contributed by atoms with Crippen molar-refractivity contribution >= 4 is 23.2 Å². The van der Waals surface area contributed by atoms with Crippen molar-refractivity contribution in [1.29, 1.82) is 0 Å². The van der Waals surface area contributed by atoms with Crippen LogP contribution in [-0.4, -0.2) is 18.8 Å². The molecule has 0 amide bonds. The summed E-state index contributed by atoms with van der Waals surface area (Å²) >= 11 is 12.4. The minimum atomic E-state index is -0.204. The molecule has 18 heavy (non-hydrogen) atoms. The van der Waals surface area contributed by atoms with E-state index in [1.165, 1.54) is 0 Å². The Bertz CT molecular complexity index is 416. The first-order valence-corrected chi connectivity index (χ1v) is 7.15. The number of halogens is 2. The van der Waals surface area contributed by atoms with Gasteiger partial charge in [-0.05, 0) is 37.9 Å². The molecule has 1 saturated heterocycles. The maximum absolute atomic E-state index is 6.34. The molecule has 0 bridgehead atoms. The van der Waals surface area contributed by atoms with Crippen LogP contribution in [0.3, 0.4) is 0 Å². The second-order valence-corrected chi connectivity index (χ2v) is 5.68. The van der Waals surface area contributed by atoms with Gasteiger partial charge in [0.15, 0.2) is 0 Å². The van der Waals surface area contributed by atoms with E-state index >= 15 is 0 Å². The zero-order valence-electron chi connectivity index (χ0n) is 10.8. The zero-order valence-corrected chi connectivity index (χ0v) is 12.3. The van der Waals surface area contributed by atoms with Crippen molar-refractivity contribution in [3.8, 4) is 0 Å². The molecule has 1 aromatic rings. The van der Waals surface area contributed by atoms with Crippen molar-refractivity contribution in [2.24, 2.45) is 0 Å². The molecule has 1 aromatic carbocycles. The lowest BCUT2D eigenvalue weighted by molar-refractivity contribution is -0.0120. The summed E-state index contributed by atoms with van der Waals surface area (Å²) in [6, 6.07) is 5.85. The predicted molar refractivity (Wildman–Crippen MR) is 76.5 cm³/mol. The SMILES string of the molecule is CCNC(c1cccc(Cl)c1Cl)C1(C)CCCO1. The van der Waals surface area contributed by atoms with E-state index in [9.17, 15) is 0 Å². The van der Waals surface area contributed by atoms with Crippen LogP contribution in [0.15, 0.2) is 18.2 Å². The predicted octanol–water partition coefficient (Wildman–Crippen LogP) is 4.21. The van der Waals surface area contributed by atoms with Crippen molar-refractivity contribution < 1.29 is 4.74 Å². The van der Waals surface area contributed by atoms with Crippen molar-refractivity contribution in [2.75, 3.05) is 13.2 Å². The standard InChI is InChI=1S/C14H19Cl2NO/c1-3-17-13(14(2)8-5-9-18-14)10-6-4-7-11(15)12(10)16/h4,6-7,13,17H,3,5,8-9H2,1-2H3. The molecule has 1 N–H and O–H groups in total. The third-order valence-electron chi connectivity index (χ3n) is 3.56. The fraction of sp³-hybridized carbons (Fsp3) is 0.571. The molecule has 1 aliphatic heterocycles. The van der Waals surface area contributed by atoms with E-state index in [0.717, 1.165) is 31.6 Å². The van der Waals surface area contributed by atoms with E-state index in [1.54, 1.807) is 0 Å². The highest BCUT2D eigenvalue weighted by atomic mass is 35.5. The van der Waals surface area contributed by atoms with Gasteiger partial charge in [0, 0.05) is 6.61 Å². The van der Waals surface area contributed by atoms with Crippen LogP contribution in [0.1, 0.15) is 38.3 Å². The summed E-state index contributed by atoms with van der Waals surface area (Å²) in [7, 11) is 0. The minimum Gasteiger partial charge on any atom is -0.373 e. The Kier molecular flexibility index (Phi) is 4.54. The molecule has 0 aromatic heterocycles. The summed E-state index contributed by atoms with van der Waals surface area (Å²) in [5.41, 5.74) is 0.819. The van der Waals surface area contributed by atoms with Gasteiger partial charge in [0.2, 0.25) is 0 Å². The molecule has 1 heterocycles. The Labute approximate surface area is 119 Å². The van der Waals surface area contributed by atoms with E-state index in [0.29, 0.717) is 10.0 Å². The Morgan fingerprint density at radius 1 is 1.44 bits per heavy atom. The minimum absolute atomic E-state index is 0.0798. The van der Waals surface area contributed by atoms with Gasteiger partial charge in [0.05, 0.1) is 21.7 Å². The van der Waals surface area contributed by atoms with Crippen LogP contribution >= 0.6 is 23.2 Å². The van der Waals surface area contributed by atoms with E-state index < -0.39 is 0 Å². The number of benzene rings is 1. The monoisotopic (exact) mass is 287 g/mol. The Morgan fingerprint density at radius 3 is 2.83 bits per heavy atom. The van der Waals surface area contributed by atoms with Crippen LogP contribution in [0.25, 0.3) is 0 Å². The van der Waals surface area contributed by atoms with Gasteiger partial charge in [0.25, 0.3) is 0 Å². The summed E-state index contributed by atoms with van der Waals surface area (Å²) in [4.78, 5) is 0. The third-order valence-corrected chi connectivity index (χ3v) is 4.39. The topological polar surface area (TPSA) is 21.3 Å². The first-order chi connectivity index (χ1) is 8.58. The second-order valence-electron chi connectivity index (χ2n) is 4.90. The highest BCUT2D eigenvalue weighted by Crippen LogP contribution is 2.41. The largest absolute Gasteiger partial charge is 0.373 e. The van der Waals surface area contributed by atoms with Crippen LogP contribution in [0, 0.1) is 0 Å². The van der Waals surface area contributed by atoms with Crippen LogP contribution in [-0.2, 0) is 4.74 Å². The van der Waals surface area contributed by atoms with Gasteiger partial charge >= 0.3 is 0 Å². The molecule has 0 spiro atoms. The summed E-state index contributed by atoms with van der Waals surface area (Å²) in [6.07, 6.45) is 2.13. The van der Waals surface area contributed by atoms with Gasteiger partial charge in [-0.25, -0.2) is 0 Å². The first-order valence-electron chi connectivity index (χ1n) is 6.40. The van der Waals surface area contributed by atoms with Gasteiger partial charge in [-0.3, -0.25) is 0 Å². The molecule has 0 radical (unpaired) electrons. The van der Waals surface area contributed by atoms with E-state index in [2.05, 4.69) is 19.2 Å². The van der Waals surface area contributed by atoms with E-state index in [-0.39, 0.29) is 11.6 Å². The summed E-state index contributed by atoms with van der Waals surface area (Å²) in [6.45, 7) is 5.91. The Balaban J connectivity index is 2.38. The van der Waals surface area contributed by atoms with Crippen LogP contribution in [0.2, 0.25) is 10.0 Å². The Morgan fingerprint density at radius 2 is 2.22 bits per heavy atom. The van der Waals surface area contributed by atoms with Gasteiger partial charge in [-0.1, -0.05) is 42.3 Å². The molecule has 0 aliphatic carbocycles. The maximum Gasteiger partial charge on any atom is 0.0849 e. The highest BCUT2D eigenvalue weighted by molar-refractivity contribution is 6.42. The van der Waals surface area contributed by atoms with Crippen LogP contribution in [0.5, 0.6) is 0 Å². The number of rotatable bonds is 4. The molecule has 2 rings (SSSR count). The molecular formula is C14H19Cl2NO. The van der Waals surface area contributed by atoms with Gasteiger partial charge < -0.3 is 10.1 Å². The average molecular weight is 288 g/mol. The summed E-state index contributed by atoms with van der Waals surface area (Å²) in [5.74, 6) is 0. The average Bonchev–Trinajstić information content (AvgIpc) is 2.78. The van der Waals surface area contributed by atoms with Crippen LogP contribution < -0.4 is 5.32 Å². The third kappa shape index (κ3) is 2.67. The molecule has 1 fully saturated rings. The number of nitrogens with one attached hydrogen (secondary N) is 1. The molecule has 2 atom stereocenters. The van der Waals surface area contributed by atoms with Gasteiger partial charge in [-0.2, -0.15) is 0 Å². The number of hydrogen-bond acceptors (Lipinski definition) is 2. The van der Waals surface area contributed by atoms with Gasteiger partial charge in [0.1, 0.15) is 0 Å². The fourth-order valence-electron chi connectivity index (χ4n) is 2.63. The highest BCUT2D eigenvalue weighted by Gasteiger charge is 2.39. The lowest BCUT2D eigenvalue weighted by atomic mass is 9.87. The molecule has 100 valence electrons. The lowest BCUT2D eigenvalue weighted by Gasteiger charge is -2.35. The fourth-order valence-corrected chi connectivity index (χ4v) is 3.05. The molecule has 2 unspecified atom stereocenters. The second kappa shape index (κ2) is 5.79. The molecule has 1 aliphatic rings. The first kappa shape index (κ1) is 14.1. The quantitative estimate of drug-likeness (QED) is 0.896. The molecular weight excluding hydrogens is 269 g/mol. The van der Waals surface area contributed by atoms with Gasteiger partial charge in [-0.15, -0.1) is 0 Å². The van der Waals surface area contributed by atoms with Crippen molar-refractivity contribution in [3.63, 3.8) is 0 Å². The number of ether oxygens (including phenoxy) is 1. The molecule has 2 nitrogen and oxygen atoms in total. The van der Waals surface area contributed by atoms with Crippen molar-refractivity contribution in [2.45, 2.75) is 38.3 Å². The Hall–Kier alpha value is -0.280. The van der Waals surface area contributed by atoms with E-state index in [4.69, 9.17) is 27.9 Å². The van der Waals surface area contributed by atoms with Crippen molar-refractivity contribution in [1.82, 2.24) is 5.32 Å².